The van der Waals surface area contributed by atoms with E-state index in [2.05, 4.69) is 35.3 Å². The number of thiazole rings is 2. The fraction of sp³-hybridized carbons (Fsp3) is 0.395. The maximum absolute atomic E-state index is 13.4. The van der Waals surface area contributed by atoms with E-state index in [4.69, 9.17) is 4.74 Å². The SMILES string of the molecule is CCCN(CCC)c1cc(S(=O)(=O)O)c(N=Nc2nc3ccc(SC(F)(F)C(F)(F)F)cc3s2)cc1OC.O=S(=O)(O)c1c(N=Nc2nc3ccc(SC(F)(F)C(F)(F)F)cc3s2)cc2c3c1CCCN3CCC2.[Co]. The van der Waals surface area contributed by atoms with E-state index in [-0.39, 0.29) is 63.3 Å². The van der Waals surface area contributed by atoms with Crippen LogP contribution in [0.25, 0.3) is 20.4 Å². The summed E-state index contributed by atoms with van der Waals surface area (Å²) < 4.78 is 204. The van der Waals surface area contributed by atoms with E-state index < -0.39 is 71.5 Å². The van der Waals surface area contributed by atoms with E-state index in [0.717, 1.165) is 103 Å². The Bertz CT molecular complexity index is 3360. The smallest absolute Gasteiger partial charge is 0.464 e. The number of thioether (sulfide) groups is 2. The van der Waals surface area contributed by atoms with Gasteiger partial charge in [-0.25, -0.2) is 9.97 Å². The molecule has 0 unspecified atom stereocenters. The molecule has 0 atom stereocenters. The Labute approximate surface area is 448 Å². The Morgan fingerprint density at radius 1 is 0.693 bits per heavy atom. The zero-order valence-corrected chi connectivity index (χ0v) is 44.8. The van der Waals surface area contributed by atoms with Gasteiger partial charge in [0, 0.05) is 64.5 Å². The molecule has 2 N–H and O–H groups in total. The average Bonchev–Trinajstić information content (AvgIpc) is 3.91. The number of ether oxygens (including phenoxy) is 1. The van der Waals surface area contributed by atoms with Crippen LogP contribution in [0, 0.1) is 0 Å². The normalized spacial score (nSPS) is 14.6. The van der Waals surface area contributed by atoms with E-state index in [1.807, 2.05) is 18.7 Å². The van der Waals surface area contributed by atoms with Crippen molar-refractivity contribution in [3.8, 4) is 5.75 Å². The Morgan fingerprint density at radius 3 is 1.64 bits per heavy atom. The van der Waals surface area contributed by atoms with E-state index in [1.54, 1.807) is 6.07 Å². The first kappa shape index (κ1) is 59.8. The second-order valence-electron chi connectivity index (χ2n) is 16.2. The molecular weight excluding hydrogens is 1180 g/mol. The Balaban J connectivity index is 0.000000241. The predicted octanol–water partition coefficient (Wildman–Crippen LogP) is 14.7. The summed E-state index contributed by atoms with van der Waals surface area (Å²) in [6.07, 6.45) is -7.07. The zero-order valence-electron chi connectivity index (χ0n) is 38.8. The topological polar surface area (TPSA) is 200 Å². The van der Waals surface area contributed by atoms with E-state index in [9.17, 15) is 69.8 Å². The monoisotopic (exact) mass is 1220 g/mol. The number of aromatic nitrogens is 2. The summed E-state index contributed by atoms with van der Waals surface area (Å²) in [5.41, 5.74) is 2.99. The van der Waals surface area contributed by atoms with Crippen molar-refractivity contribution in [3.63, 3.8) is 0 Å². The van der Waals surface area contributed by atoms with E-state index in [1.165, 1.54) is 31.4 Å². The van der Waals surface area contributed by atoms with Gasteiger partial charge in [0.2, 0.25) is 10.3 Å². The van der Waals surface area contributed by atoms with Crippen molar-refractivity contribution in [2.45, 2.75) is 94.8 Å². The number of methoxy groups -OCH3 is 1. The summed E-state index contributed by atoms with van der Waals surface area (Å²) in [6.45, 7) is 6.74. The third-order valence-corrected chi connectivity index (χ3v) is 16.5. The number of fused-ring (bicyclic) bond motifs is 2. The molecule has 4 heterocycles. The third kappa shape index (κ3) is 13.8. The summed E-state index contributed by atoms with van der Waals surface area (Å²) in [5, 5.41) is 5.97. The van der Waals surface area contributed by atoms with Crippen LogP contribution in [0.2, 0.25) is 0 Å². The van der Waals surface area contributed by atoms with Crippen LogP contribution in [0.1, 0.15) is 50.7 Å². The minimum atomic E-state index is -5.72. The molecule has 0 fully saturated rings. The number of benzene rings is 4. The van der Waals surface area contributed by atoms with Crippen molar-refractivity contribution >= 4 is 120 Å². The van der Waals surface area contributed by atoms with E-state index >= 15 is 0 Å². The van der Waals surface area contributed by atoms with Crippen molar-refractivity contribution in [1.82, 2.24) is 9.97 Å². The fourth-order valence-electron chi connectivity index (χ4n) is 7.91. The van der Waals surface area contributed by atoms with Crippen LogP contribution < -0.4 is 14.5 Å². The molecule has 8 rings (SSSR count). The van der Waals surface area contributed by atoms with Crippen molar-refractivity contribution < 1.29 is 91.4 Å². The van der Waals surface area contributed by atoms with Crippen molar-refractivity contribution in [3.05, 3.63) is 65.7 Å². The fourth-order valence-corrected chi connectivity index (χ4v) is 12.7. The third-order valence-electron chi connectivity index (χ3n) is 10.9. The molecule has 2 aromatic heterocycles. The van der Waals surface area contributed by atoms with Gasteiger partial charge in [-0.2, -0.15) is 60.7 Å². The first-order valence-corrected chi connectivity index (χ1v) is 28.0. The zero-order chi connectivity index (χ0) is 54.2. The second-order valence-corrected chi connectivity index (χ2v) is 23.4. The molecular formula is C43H40CoF10N8O7S6. The number of alkyl halides is 10. The quantitative estimate of drug-likeness (QED) is 0.0402. The van der Waals surface area contributed by atoms with Gasteiger partial charge >= 0.3 is 22.9 Å². The summed E-state index contributed by atoms with van der Waals surface area (Å²) >= 11 is 0.486. The molecule has 0 amide bonds. The van der Waals surface area contributed by atoms with Gasteiger partial charge in [-0.1, -0.05) is 36.5 Å². The Hall–Kier alpha value is -4.41. The van der Waals surface area contributed by atoms with Gasteiger partial charge < -0.3 is 14.5 Å². The summed E-state index contributed by atoms with van der Waals surface area (Å²) in [5.74, 6) is 0.296. The molecule has 1 radical (unpaired) electrons. The van der Waals surface area contributed by atoms with Gasteiger partial charge in [-0.05, 0) is 122 Å². The maximum atomic E-state index is 13.4. The molecule has 75 heavy (non-hydrogen) atoms. The number of hydrogen-bond donors (Lipinski definition) is 2. The average molecular weight is 1220 g/mol. The van der Waals surface area contributed by atoms with E-state index in [0.29, 0.717) is 46.7 Å². The van der Waals surface area contributed by atoms with Gasteiger partial charge in [0.1, 0.15) is 26.9 Å². The van der Waals surface area contributed by atoms with Gasteiger partial charge in [-0.15, -0.1) is 20.5 Å². The van der Waals surface area contributed by atoms with Gasteiger partial charge in [0.15, 0.2) is 0 Å². The molecule has 409 valence electrons. The molecule has 4 aromatic carbocycles. The number of nitrogens with zero attached hydrogens (tertiary/aromatic N) is 8. The van der Waals surface area contributed by atoms with Gasteiger partial charge in [0.25, 0.3) is 20.2 Å². The van der Waals surface area contributed by atoms with Crippen molar-refractivity contribution in [1.29, 1.82) is 0 Å². The molecule has 0 aliphatic carbocycles. The second kappa shape index (κ2) is 23.3. The Kier molecular flexibility index (Phi) is 18.6. The summed E-state index contributed by atoms with van der Waals surface area (Å²) in [6, 6.07) is 11.1. The number of azo groups is 2. The Morgan fingerprint density at radius 2 is 1.19 bits per heavy atom. The standard InChI is InChI=1S/C22H23F5N4O4S3.C21H17F5N4O3S3.Co/c1-4-8-31(9-5-2)16-12-19(38(32,33)34)15(11-17(16)35-3)29-30-20-28-14-7-6-13(10-18(14)36-20)37-22(26,27)21(23,24)25;22-20(23,24)21(25,26)35-12-5-6-14-16(10-12)34-19(27-14)29-28-15-9-11-3-1-7-30-8-2-4-13(17(11)30)18(15)36(31,32)33;/h6-7,10-12H,4-5,8-9H2,1-3H3,(H,32,33,34);5-6,9-10H,1-4,7-8H2,(H,31,32,33);. The van der Waals surface area contributed by atoms with Crippen molar-refractivity contribution in [2.75, 3.05) is 43.1 Å². The van der Waals surface area contributed by atoms with Crippen LogP contribution in [0.4, 0.5) is 76.9 Å². The minimum Gasteiger partial charge on any atom is -0.495 e. The van der Waals surface area contributed by atoms with Crippen LogP contribution >= 0.6 is 46.2 Å². The van der Waals surface area contributed by atoms with Crippen LogP contribution in [0.15, 0.2) is 94.6 Å². The molecule has 2 aliphatic heterocycles. The van der Waals surface area contributed by atoms with Gasteiger partial charge in [0.05, 0.1) is 33.2 Å². The molecule has 6 aromatic rings. The van der Waals surface area contributed by atoms with Crippen LogP contribution in [0.5, 0.6) is 5.75 Å². The molecule has 32 heteroatoms. The minimum absolute atomic E-state index is 0. The number of aryl methyl sites for hydroxylation is 1. The predicted molar refractivity (Wildman–Crippen MR) is 262 cm³/mol. The molecule has 15 nitrogen and oxygen atoms in total. The first-order valence-electron chi connectivity index (χ1n) is 21.8. The molecule has 0 saturated carbocycles. The molecule has 0 spiro atoms. The molecule has 0 bridgehead atoms. The van der Waals surface area contributed by atoms with Crippen LogP contribution in [-0.4, -0.2) is 92.1 Å². The van der Waals surface area contributed by atoms with Gasteiger partial charge in [-0.3, -0.25) is 9.11 Å². The largest absolute Gasteiger partial charge is 0.495 e. The van der Waals surface area contributed by atoms with Crippen LogP contribution in [0.3, 0.4) is 0 Å². The number of halogens is 10. The molecule has 2 aliphatic rings. The van der Waals surface area contributed by atoms with Crippen LogP contribution in [-0.2, 0) is 49.9 Å². The maximum Gasteiger partial charge on any atom is 0.464 e. The first-order chi connectivity index (χ1) is 34.5. The van der Waals surface area contributed by atoms with Crippen molar-refractivity contribution in [2.24, 2.45) is 20.5 Å². The summed E-state index contributed by atoms with van der Waals surface area (Å²) in [4.78, 5) is 10.9. The number of hydrogen-bond acceptors (Lipinski definition) is 17. The number of anilines is 2. The number of rotatable bonds is 16. The summed E-state index contributed by atoms with van der Waals surface area (Å²) in [7, 11) is -7.96. The molecule has 0 saturated heterocycles.